The van der Waals surface area contributed by atoms with Crippen LogP contribution in [-0.4, -0.2) is 57.7 Å². The summed E-state index contributed by atoms with van der Waals surface area (Å²) in [4.78, 5) is 16.8. The third-order valence-corrected chi connectivity index (χ3v) is 4.78. The van der Waals surface area contributed by atoms with Gasteiger partial charge in [-0.15, -0.1) is 0 Å². The fourth-order valence-corrected chi connectivity index (χ4v) is 3.56. The van der Waals surface area contributed by atoms with Crippen LogP contribution in [0.5, 0.6) is 0 Å². The first-order chi connectivity index (χ1) is 10.3. The zero-order valence-corrected chi connectivity index (χ0v) is 12.8. The SMILES string of the molecule is O=C(CCN1CCC[C@H]1Cn1cccn1)N1CCCCC1. The van der Waals surface area contributed by atoms with E-state index in [0.717, 1.165) is 32.7 Å². The van der Waals surface area contributed by atoms with E-state index in [9.17, 15) is 4.79 Å². The van der Waals surface area contributed by atoms with Crippen LogP contribution in [0.4, 0.5) is 0 Å². The lowest BCUT2D eigenvalue weighted by Crippen LogP contribution is -2.39. The van der Waals surface area contributed by atoms with Crippen molar-refractivity contribution in [2.75, 3.05) is 26.2 Å². The highest BCUT2D eigenvalue weighted by atomic mass is 16.2. The number of carbonyl (C=O) groups is 1. The van der Waals surface area contributed by atoms with Crippen LogP contribution < -0.4 is 0 Å². The van der Waals surface area contributed by atoms with Crippen LogP contribution in [0.3, 0.4) is 0 Å². The highest BCUT2D eigenvalue weighted by molar-refractivity contribution is 5.76. The van der Waals surface area contributed by atoms with Crippen molar-refractivity contribution in [3.8, 4) is 0 Å². The molecule has 1 aromatic heterocycles. The minimum Gasteiger partial charge on any atom is -0.343 e. The van der Waals surface area contributed by atoms with Crippen molar-refractivity contribution in [1.82, 2.24) is 19.6 Å². The molecule has 0 spiro atoms. The van der Waals surface area contributed by atoms with Crippen molar-refractivity contribution in [3.63, 3.8) is 0 Å². The number of likely N-dealkylation sites (tertiary alicyclic amines) is 2. The Kier molecular flexibility index (Phi) is 4.91. The summed E-state index contributed by atoms with van der Waals surface area (Å²) in [6.45, 7) is 4.91. The van der Waals surface area contributed by atoms with Crippen molar-refractivity contribution >= 4 is 5.91 Å². The summed E-state index contributed by atoms with van der Waals surface area (Å²) < 4.78 is 2.01. The van der Waals surface area contributed by atoms with Crippen molar-refractivity contribution in [2.45, 2.75) is 51.1 Å². The lowest BCUT2D eigenvalue weighted by Gasteiger charge is -2.29. The summed E-state index contributed by atoms with van der Waals surface area (Å²) in [5, 5.41) is 4.30. The zero-order chi connectivity index (χ0) is 14.5. The number of hydrogen-bond donors (Lipinski definition) is 0. The Morgan fingerprint density at radius 2 is 2.00 bits per heavy atom. The molecule has 21 heavy (non-hydrogen) atoms. The molecule has 3 heterocycles. The van der Waals surface area contributed by atoms with Crippen molar-refractivity contribution in [2.24, 2.45) is 0 Å². The molecule has 0 unspecified atom stereocenters. The number of hydrogen-bond acceptors (Lipinski definition) is 3. The van der Waals surface area contributed by atoms with Gasteiger partial charge in [0.1, 0.15) is 0 Å². The van der Waals surface area contributed by atoms with Crippen molar-refractivity contribution in [1.29, 1.82) is 0 Å². The second kappa shape index (κ2) is 7.07. The Hall–Kier alpha value is -1.36. The number of piperidine rings is 1. The van der Waals surface area contributed by atoms with Gasteiger partial charge in [-0.3, -0.25) is 14.4 Å². The maximum Gasteiger partial charge on any atom is 0.223 e. The molecule has 1 aromatic rings. The van der Waals surface area contributed by atoms with Gasteiger partial charge in [-0.2, -0.15) is 5.10 Å². The van der Waals surface area contributed by atoms with Gasteiger partial charge in [0.2, 0.25) is 5.91 Å². The summed E-state index contributed by atoms with van der Waals surface area (Å²) in [5.74, 6) is 0.347. The Labute approximate surface area is 126 Å². The van der Waals surface area contributed by atoms with Crippen LogP contribution in [-0.2, 0) is 11.3 Å². The summed E-state index contributed by atoms with van der Waals surface area (Å²) in [5.41, 5.74) is 0. The normalized spacial score (nSPS) is 23.6. The van der Waals surface area contributed by atoms with E-state index in [0.29, 0.717) is 18.4 Å². The van der Waals surface area contributed by atoms with E-state index in [1.54, 1.807) is 0 Å². The molecule has 116 valence electrons. The lowest BCUT2D eigenvalue weighted by atomic mass is 10.1. The molecule has 0 N–H and O–H groups in total. The lowest BCUT2D eigenvalue weighted by molar-refractivity contribution is -0.132. The predicted molar refractivity (Wildman–Crippen MR) is 81.9 cm³/mol. The van der Waals surface area contributed by atoms with Crippen molar-refractivity contribution in [3.05, 3.63) is 18.5 Å². The number of aromatic nitrogens is 2. The van der Waals surface area contributed by atoms with E-state index in [1.165, 1.54) is 32.1 Å². The molecule has 1 atom stereocenters. The molecule has 0 saturated carbocycles. The topological polar surface area (TPSA) is 41.4 Å². The molecule has 2 aliphatic heterocycles. The summed E-state index contributed by atoms with van der Waals surface area (Å²) in [6, 6.07) is 2.51. The largest absolute Gasteiger partial charge is 0.343 e. The molecule has 2 aliphatic rings. The van der Waals surface area contributed by atoms with E-state index in [2.05, 4.69) is 14.9 Å². The molecule has 1 amide bonds. The molecule has 0 bridgehead atoms. The molecule has 5 heteroatoms. The Balaban J connectivity index is 1.46. The number of nitrogens with zero attached hydrogens (tertiary/aromatic N) is 4. The second-order valence-electron chi connectivity index (χ2n) is 6.25. The van der Waals surface area contributed by atoms with Gasteiger partial charge in [-0.05, 0) is 44.7 Å². The van der Waals surface area contributed by atoms with E-state index < -0.39 is 0 Å². The first kappa shape index (κ1) is 14.6. The Bertz CT molecular complexity index is 439. The van der Waals surface area contributed by atoms with Gasteiger partial charge in [0.25, 0.3) is 0 Å². The van der Waals surface area contributed by atoms with Gasteiger partial charge >= 0.3 is 0 Å². The average Bonchev–Trinajstić information content (AvgIpc) is 3.18. The zero-order valence-electron chi connectivity index (χ0n) is 12.8. The highest BCUT2D eigenvalue weighted by Crippen LogP contribution is 2.19. The van der Waals surface area contributed by atoms with Gasteiger partial charge in [-0.1, -0.05) is 0 Å². The highest BCUT2D eigenvalue weighted by Gasteiger charge is 2.26. The number of carbonyl (C=O) groups excluding carboxylic acids is 1. The molecule has 2 saturated heterocycles. The molecular weight excluding hydrogens is 264 g/mol. The average molecular weight is 290 g/mol. The van der Waals surface area contributed by atoms with Crippen LogP contribution in [0.15, 0.2) is 18.5 Å². The fraction of sp³-hybridized carbons (Fsp3) is 0.750. The summed E-state index contributed by atoms with van der Waals surface area (Å²) >= 11 is 0. The fourth-order valence-electron chi connectivity index (χ4n) is 3.56. The summed E-state index contributed by atoms with van der Waals surface area (Å²) in [6.07, 6.45) is 10.6. The van der Waals surface area contributed by atoms with Gasteiger partial charge < -0.3 is 4.90 Å². The quantitative estimate of drug-likeness (QED) is 0.829. The standard InChI is InChI=1S/C16H26N4O/c21-16(19-9-2-1-3-10-19)7-13-18-11-4-6-15(18)14-20-12-5-8-17-20/h5,8,12,15H,1-4,6-7,9-11,13-14H2/t15-/m0/s1. The number of rotatable bonds is 5. The Morgan fingerprint density at radius 3 is 2.76 bits per heavy atom. The molecule has 0 aliphatic carbocycles. The third-order valence-electron chi connectivity index (χ3n) is 4.78. The van der Waals surface area contributed by atoms with Crippen LogP contribution in [0.1, 0.15) is 38.5 Å². The Morgan fingerprint density at radius 1 is 1.14 bits per heavy atom. The van der Waals surface area contributed by atoms with Crippen LogP contribution in [0, 0.1) is 0 Å². The van der Waals surface area contributed by atoms with E-state index >= 15 is 0 Å². The minimum atomic E-state index is 0.347. The molecule has 0 aromatic carbocycles. The maximum absolute atomic E-state index is 12.3. The smallest absolute Gasteiger partial charge is 0.223 e. The monoisotopic (exact) mass is 290 g/mol. The number of amides is 1. The van der Waals surface area contributed by atoms with E-state index in [-0.39, 0.29) is 0 Å². The van der Waals surface area contributed by atoms with E-state index in [1.807, 2.05) is 23.1 Å². The molecule has 0 radical (unpaired) electrons. The van der Waals surface area contributed by atoms with Gasteiger partial charge in [0.15, 0.2) is 0 Å². The van der Waals surface area contributed by atoms with Gasteiger partial charge in [-0.25, -0.2) is 0 Å². The maximum atomic E-state index is 12.3. The van der Waals surface area contributed by atoms with Gasteiger partial charge in [0, 0.05) is 44.5 Å². The van der Waals surface area contributed by atoms with Crippen LogP contribution in [0.25, 0.3) is 0 Å². The summed E-state index contributed by atoms with van der Waals surface area (Å²) in [7, 11) is 0. The first-order valence-corrected chi connectivity index (χ1v) is 8.32. The van der Waals surface area contributed by atoms with Crippen molar-refractivity contribution < 1.29 is 4.79 Å². The minimum absolute atomic E-state index is 0.347. The van der Waals surface area contributed by atoms with Crippen LogP contribution in [0.2, 0.25) is 0 Å². The van der Waals surface area contributed by atoms with E-state index in [4.69, 9.17) is 0 Å². The van der Waals surface area contributed by atoms with Gasteiger partial charge in [0.05, 0.1) is 6.54 Å². The van der Waals surface area contributed by atoms with Crippen LogP contribution >= 0.6 is 0 Å². The molecule has 5 nitrogen and oxygen atoms in total. The molecular formula is C16H26N4O. The predicted octanol–water partition coefficient (Wildman–Crippen LogP) is 1.75. The molecule has 2 fully saturated rings. The third kappa shape index (κ3) is 3.84. The molecule has 3 rings (SSSR count). The second-order valence-corrected chi connectivity index (χ2v) is 6.25. The first-order valence-electron chi connectivity index (χ1n) is 8.32.